The van der Waals surface area contributed by atoms with Crippen LogP contribution in [0.3, 0.4) is 0 Å². The summed E-state index contributed by atoms with van der Waals surface area (Å²) in [5.41, 5.74) is 6.02. The van der Waals surface area contributed by atoms with Crippen molar-refractivity contribution in [2.24, 2.45) is 5.73 Å². The third-order valence-corrected chi connectivity index (χ3v) is 5.19. The fraction of sp³-hybridized carbons (Fsp3) is 0.312. The number of carbonyl (C=O) groups is 1. The van der Waals surface area contributed by atoms with Crippen LogP contribution in [0.5, 0.6) is 0 Å². The van der Waals surface area contributed by atoms with E-state index in [1.807, 2.05) is 36.7 Å². The maximum absolute atomic E-state index is 12.8. The van der Waals surface area contributed by atoms with Crippen LogP contribution in [0.1, 0.15) is 13.8 Å². The van der Waals surface area contributed by atoms with E-state index in [9.17, 15) is 9.59 Å². The zero-order chi connectivity index (χ0) is 17.3. The molecule has 1 amide bonds. The Morgan fingerprint density at radius 2 is 2.16 bits per heavy atom. The number of thiophene rings is 2. The summed E-state index contributed by atoms with van der Waals surface area (Å²) in [7, 11) is 0. The molecule has 6 nitrogen and oxygen atoms in total. The number of nitrogens with zero attached hydrogens (tertiary/aromatic N) is 2. The van der Waals surface area contributed by atoms with Gasteiger partial charge in [-0.15, -0.1) is 35.1 Å². The fourth-order valence-electron chi connectivity index (χ4n) is 2.23. The second-order valence-corrected chi connectivity index (χ2v) is 8.06. The van der Waals surface area contributed by atoms with Crippen LogP contribution in [-0.2, 0) is 11.3 Å². The third-order valence-electron chi connectivity index (χ3n) is 3.40. The molecule has 0 aliphatic carbocycles. The number of nitrogens with two attached hydrogens (primary N) is 1. The molecule has 0 atom stereocenters. The Bertz CT molecular complexity index is 926. The first-order chi connectivity index (χ1) is 11.3. The van der Waals surface area contributed by atoms with Crippen LogP contribution in [0.2, 0.25) is 0 Å². The number of aromatic nitrogens is 2. The second-order valence-electron chi connectivity index (χ2n) is 6.25. The molecular weight excluding hydrogens is 380 g/mol. The molecule has 0 spiro atoms. The molecule has 3 aromatic rings. The molecule has 0 aromatic carbocycles. The minimum absolute atomic E-state index is 0. The zero-order valence-corrected chi connectivity index (χ0v) is 16.3. The summed E-state index contributed by atoms with van der Waals surface area (Å²) in [5.74, 6) is -0.260. The SMILES string of the molecule is CC(C)(N)CNC(=O)Cn1cnc2scc(-c3cccs3)c2c1=O.Cl. The van der Waals surface area contributed by atoms with Crippen molar-refractivity contribution in [3.05, 3.63) is 39.6 Å². The van der Waals surface area contributed by atoms with Crippen LogP contribution in [0.25, 0.3) is 20.7 Å². The van der Waals surface area contributed by atoms with Gasteiger partial charge in [0.15, 0.2) is 0 Å². The normalized spacial score (nSPS) is 11.3. The van der Waals surface area contributed by atoms with Gasteiger partial charge < -0.3 is 11.1 Å². The van der Waals surface area contributed by atoms with Gasteiger partial charge in [0.25, 0.3) is 5.56 Å². The molecule has 25 heavy (non-hydrogen) atoms. The number of halogens is 1. The molecular formula is C16H19ClN4O2S2. The summed E-state index contributed by atoms with van der Waals surface area (Å²) < 4.78 is 1.34. The van der Waals surface area contributed by atoms with Gasteiger partial charge in [-0.25, -0.2) is 4.98 Å². The standard InChI is InChI=1S/C16H18N4O2S2.ClH/c1-16(2,17)8-18-12(21)6-20-9-19-14-13(15(20)22)10(7-24-14)11-4-3-5-23-11;/h3-5,7,9H,6,8,17H2,1-2H3,(H,18,21);1H. The molecule has 0 unspecified atom stereocenters. The Hall–Kier alpha value is -1.74. The van der Waals surface area contributed by atoms with Gasteiger partial charge in [-0.05, 0) is 25.3 Å². The van der Waals surface area contributed by atoms with E-state index in [4.69, 9.17) is 5.73 Å². The van der Waals surface area contributed by atoms with Crippen molar-refractivity contribution in [1.29, 1.82) is 0 Å². The highest BCUT2D eigenvalue weighted by Gasteiger charge is 2.16. The zero-order valence-electron chi connectivity index (χ0n) is 13.8. The third kappa shape index (κ3) is 4.46. The number of hydrogen-bond acceptors (Lipinski definition) is 6. The highest BCUT2D eigenvalue weighted by atomic mass is 35.5. The maximum Gasteiger partial charge on any atom is 0.263 e. The fourth-order valence-corrected chi connectivity index (χ4v) is 3.95. The second kappa shape index (κ2) is 7.65. The van der Waals surface area contributed by atoms with Crippen molar-refractivity contribution in [2.45, 2.75) is 25.9 Å². The molecule has 9 heteroatoms. The summed E-state index contributed by atoms with van der Waals surface area (Å²) in [6, 6.07) is 3.92. The number of fused-ring (bicyclic) bond motifs is 1. The molecule has 3 N–H and O–H groups in total. The quantitative estimate of drug-likeness (QED) is 0.690. The van der Waals surface area contributed by atoms with Gasteiger partial charge in [-0.3, -0.25) is 14.2 Å². The van der Waals surface area contributed by atoms with Crippen LogP contribution < -0.4 is 16.6 Å². The Balaban J connectivity index is 0.00000225. The van der Waals surface area contributed by atoms with Gasteiger partial charge in [0.1, 0.15) is 11.4 Å². The Kier molecular flexibility index (Phi) is 5.99. The molecule has 0 bridgehead atoms. The molecule has 0 saturated heterocycles. The average Bonchev–Trinajstić information content (AvgIpc) is 3.16. The summed E-state index contributed by atoms with van der Waals surface area (Å²) >= 11 is 3.01. The van der Waals surface area contributed by atoms with E-state index in [-0.39, 0.29) is 30.4 Å². The molecule has 0 aliphatic rings. The van der Waals surface area contributed by atoms with E-state index < -0.39 is 5.54 Å². The van der Waals surface area contributed by atoms with Crippen molar-refractivity contribution in [1.82, 2.24) is 14.9 Å². The van der Waals surface area contributed by atoms with Gasteiger partial charge in [0.05, 0.1) is 11.7 Å². The highest BCUT2D eigenvalue weighted by molar-refractivity contribution is 7.18. The Morgan fingerprint density at radius 1 is 1.40 bits per heavy atom. The highest BCUT2D eigenvalue weighted by Crippen LogP contribution is 2.33. The average molecular weight is 399 g/mol. The molecule has 0 saturated carbocycles. The molecule has 0 aliphatic heterocycles. The monoisotopic (exact) mass is 398 g/mol. The van der Waals surface area contributed by atoms with Gasteiger partial charge in [0, 0.05) is 27.9 Å². The van der Waals surface area contributed by atoms with Crippen molar-refractivity contribution >= 4 is 51.2 Å². The lowest BCUT2D eigenvalue weighted by atomic mass is 10.1. The van der Waals surface area contributed by atoms with E-state index in [1.54, 1.807) is 11.3 Å². The van der Waals surface area contributed by atoms with Crippen molar-refractivity contribution in [3.63, 3.8) is 0 Å². The van der Waals surface area contributed by atoms with E-state index >= 15 is 0 Å². The molecule has 3 aromatic heterocycles. The van der Waals surface area contributed by atoms with Crippen LogP contribution >= 0.6 is 35.1 Å². The van der Waals surface area contributed by atoms with Gasteiger partial charge in [-0.1, -0.05) is 6.07 Å². The maximum atomic E-state index is 12.8. The lowest BCUT2D eigenvalue weighted by Gasteiger charge is -2.19. The first-order valence-electron chi connectivity index (χ1n) is 7.41. The number of nitrogens with one attached hydrogen (secondary N) is 1. The Labute approximate surface area is 159 Å². The molecule has 3 heterocycles. The summed E-state index contributed by atoms with van der Waals surface area (Å²) in [5, 5.41) is 7.21. The van der Waals surface area contributed by atoms with Crippen molar-refractivity contribution in [3.8, 4) is 10.4 Å². The van der Waals surface area contributed by atoms with Gasteiger partial charge in [-0.2, -0.15) is 0 Å². The number of hydrogen-bond donors (Lipinski definition) is 2. The van der Waals surface area contributed by atoms with E-state index in [1.165, 1.54) is 22.2 Å². The van der Waals surface area contributed by atoms with Crippen LogP contribution in [0, 0.1) is 0 Å². The van der Waals surface area contributed by atoms with Gasteiger partial charge in [0.2, 0.25) is 5.91 Å². The minimum Gasteiger partial charge on any atom is -0.353 e. The molecule has 0 radical (unpaired) electrons. The van der Waals surface area contributed by atoms with Crippen LogP contribution in [0.15, 0.2) is 34.0 Å². The largest absolute Gasteiger partial charge is 0.353 e. The summed E-state index contributed by atoms with van der Waals surface area (Å²) in [6.45, 7) is 3.92. The van der Waals surface area contributed by atoms with Crippen molar-refractivity contribution in [2.75, 3.05) is 6.54 Å². The van der Waals surface area contributed by atoms with E-state index in [0.29, 0.717) is 16.8 Å². The first-order valence-corrected chi connectivity index (χ1v) is 9.17. The molecule has 0 fully saturated rings. The number of amides is 1. The van der Waals surface area contributed by atoms with Crippen LogP contribution in [0.4, 0.5) is 0 Å². The first kappa shape index (κ1) is 19.6. The molecule has 3 rings (SSSR count). The van der Waals surface area contributed by atoms with E-state index in [0.717, 1.165) is 10.4 Å². The lowest BCUT2D eigenvalue weighted by molar-refractivity contribution is -0.121. The topological polar surface area (TPSA) is 90.0 Å². The number of carbonyl (C=O) groups excluding carboxylic acids is 1. The predicted octanol–water partition coefficient (Wildman–Crippen LogP) is 2.46. The molecule has 134 valence electrons. The minimum atomic E-state index is -0.497. The number of rotatable bonds is 5. The summed E-state index contributed by atoms with van der Waals surface area (Å²) in [4.78, 5) is 30.8. The predicted molar refractivity (Wildman–Crippen MR) is 106 cm³/mol. The lowest BCUT2D eigenvalue weighted by Crippen LogP contribution is -2.46. The summed E-state index contributed by atoms with van der Waals surface area (Å²) in [6.07, 6.45) is 1.42. The Morgan fingerprint density at radius 3 is 2.80 bits per heavy atom. The van der Waals surface area contributed by atoms with Crippen LogP contribution in [-0.4, -0.2) is 27.5 Å². The smallest absolute Gasteiger partial charge is 0.263 e. The van der Waals surface area contributed by atoms with Crippen molar-refractivity contribution < 1.29 is 4.79 Å². The van der Waals surface area contributed by atoms with E-state index in [2.05, 4.69) is 10.3 Å². The van der Waals surface area contributed by atoms with Gasteiger partial charge >= 0.3 is 0 Å².